The molecule has 7 heteroatoms. The van der Waals surface area contributed by atoms with Crippen molar-refractivity contribution in [3.05, 3.63) is 0 Å². The number of halogens is 1. The average molecular weight is 386 g/mol. The van der Waals surface area contributed by atoms with E-state index in [9.17, 15) is 0 Å². The summed E-state index contributed by atoms with van der Waals surface area (Å²) in [5.41, 5.74) is 0. The number of ether oxygens (including phenoxy) is 2. The summed E-state index contributed by atoms with van der Waals surface area (Å²) in [6, 6.07) is 0. The van der Waals surface area contributed by atoms with E-state index in [0.29, 0.717) is 13.2 Å². The number of hydrogen-bond acceptors (Lipinski definition) is 4. The molecule has 0 aromatic carbocycles. The number of aliphatic imine (C=N–C) groups is 1. The molecule has 1 atom stereocenters. The first-order valence-electron chi connectivity index (χ1n) is 6.57. The third kappa shape index (κ3) is 8.61. The summed E-state index contributed by atoms with van der Waals surface area (Å²) in [7, 11) is 3.80. The lowest BCUT2D eigenvalue weighted by molar-refractivity contribution is -0.0136. The molecule has 0 saturated carbocycles. The molecule has 19 heavy (non-hydrogen) atoms. The van der Waals surface area contributed by atoms with Crippen LogP contribution in [-0.4, -0.2) is 77.1 Å². The predicted molar refractivity (Wildman–Crippen MR) is 88.5 cm³/mol. The van der Waals surface area contributed by atoms with Crippen LogP contribution in [0.1, 0.15) is 6.92 Å². The van der Waals surface area contributed by atoms with E-state index in [1.54, 1.807) is 7.11 Å². The molecule has 1 rings (SSSR count). The summed E-state index contributed by atoms with van der Waals surface area (Å²) in [5.74, 6) is 0.825. The SMILES string of the molecule is CCNC(=NCC1CN(C)CCO1)NCCOC.I. The van der Waals surface area contributed by atoms with Crippen molar-refractivity contribution in [2.24, 2.45) is 4.99 Å². The van der Waals surface area contributed by atoms with Gasteiger partial charge in [-0.2, -0.15) is 0 Å². The van der Waals surface area contributed by atoms with Gasteiger partial charge in [-0.3, -0.25) is 4.99 Å². The summed E-state index contributed by atoms with van der Waals surface area (Å²) in [4.78, 5) is 6.80. The van der Waals surface area contributed by atoms with Gasteiger partial charge in [-0.15, -0.1) is 24.0 Å². The number of methoxy groups -OCH3 is 1. The Morgan fingerprint density at radius 2 is 2.26 bits per heavy atom. The monoisotopic (exact) mass is 386 g/mol. The Labute approximate surface area is 133 Å². The highest BCUT2D eigenvalue weighted by molar-refractivity contribution is 14.0. The van der Waals surface area contributed by atoms with Crippen LogP contribution in [0.3, 0.4) is 0 Å². The molecule has 0 amide bonds. The third-order valence-electron chi connectivity index (χ3n) is 2.74. The second-order valence-electron chi connectivity index (χ2n) is 4.39. The van der Waals surface area contributed by atoms with Crippen molar-refractivity contribution in [1.29, 1.82) is 0 Å². The molecule has 0 aromatic heterocycles. The number of rotatable bonds is 6. The molecule has 1 aliphatic rings. The van der Waals surface area contributed by atoms with Gasteiger partial charge >= 0.3 is 0 Å². The van der Waals surface area contributed by atoms with E-state index in [1.807, 2.05) is 0 Å². The van der Waals surface area contributed by atoms with Crippen molar-refractivity contribution in [3.8, 4) is 0 Å². The zero-order chi connectivity index (χ0) is 13.2. The van der Waals surface area contributed by atoms with Crippen molar-refractivity contribution in [2.45, 2.75) is 13.0 Å². The maximum absolute atomic E-state index is 5.67. The van der Waals surface area contributed by atoms with Crippen LogP contribution < -0.4 is 10.6 Å². The highest BCUT2D eigenvalue weighted by atomic mass is 127. The van der Waals surface area contributed by atoms with Gasteiger partial charge in [0.1, 0.15) is 0 Å². The highest BCUT2D eigenvalue weighted by Gasteiger charge is 2.17. The molecule has 0 radical (unpaired) electrons. The van der Waals surface area contributed by atoms with Crippen LogP contribution in [0, 0.1) is 0 Å². The Hall–Kier alpha value is -0.120. The first-order chi connectivity index (χ1) is 8.76. The summed E-state index contributed by atoms with van der Waals surface area (Å²) in [5, 5.41) is 6.42. The Morgan fingerprint density at radius 3 is 2.89 bits per heavy atom. The van der Waals surface area contributed by atoms with E-state index in [0.717, 1.165) is 38.7 Å². The minimum atomic E-state index is 0. The van der Waals surface area contributed by atoms with E-state index in [-0.39, 0.29) is 30.1 Å². The van der Waals surface area contributed by atoms with Crippen molar-refractivity contribution < 1.29 is 9.47 Å². The van der Waals surface area contributed by atoms with Crippen molar-refractivity contribution in [2.75, 3.05) is 60.1 Å². The largest absolute Gasteiger partial charge is 0.383 e. The second kappa shape index (κ2) is 11.7. The summed E-state index contributed by atoms with van der Waals surface area (Å²) < 4.78 is 10.7. The quantitative estimate of drug-likeness (QED) is 0.294. The molecule has 114 valence electrons. The smallest absolute Gasteiger partial charge is 0.191 e. The van der Waals surface area contributed by atoms with E-state index in [4.69, 9.17) is 9.47 Å². The normalized spacial score (nSPS) is 20.8. The van der Waals surface area contributed by atoms with E-state index >= 15 is 0 Å². The lowest BCUT2D eigenvalue weighted by atomic mass is 10.3. The van der Waals surface area contributed by atoms with Gasteiger partial charge in [0.05, 0.1) is 25.9 Å². The molecule has 1 heterocycles. The molecule has 1 fully saturated rings. The Balaban J connectivity index is 0.00000324. The Bertz CT molecular complexity index is 254. The fourth-order valence-corrected chi connectivity index (χ4v) is 1.78. The number of hydrogen-bond donors (Lipinski definition) is 2. The molecular weight excluding hydrogens is 359 g/mol. The molecule has 6 nitrogen and oxygen atoms in total. The number of nitrogens with one attached hydrogen (secondary N) is 2. The zero-order valence-corrected chi connectivity index (χ0v) is 14.5. The van der Waals surface area contributed by atoms with Crippen molar-refractivity contribution >= 4 is 29.9 Å². The second-order valence-corrected chi connectivity index (χ2v) is 4.39. The van der Waals surface area contributed by atoms with Gasteiger partial charge in [0, 0.05) is 33.3 Å². The molecule has 1 aliphatic heterocycles. The number of nitrogens with zero attached hydrogens (tertiary/aromatic N) is 2. The Morgan fingerprint density at radius 1 is 1.47 bits per heavy atom. The summed E-state index contributed by atoms with van der Waals surface area (Å²) in [6.45, 7) is 7.77. The molecule has 0 spiro atoms. The fraction of sp³-hybridized carbons (Fsp3) is 0.917. The minimum absolute atomic E-state index is 0. The summed E-state index contributed by atoms with van der Waals surface area (Å²) >= 11 is 0. The van der Waals surface area contributed by atoms with Crippen molar-refractivity contribution in [3.63, 3.8) is 0 Å². The maximum Gasteiger partial charge on any atom is 0.191 e. The van der Waals surface area contributed by atoms with Crippen LogP contribution in [0.25, 0.3) is 0 Å². The number of likely N-dealkylation sites (N-methyl/N-ethyl adjacent to an activating group) is 1. The van der Waals surface area contributed by atoms with Crippen LogP contribution in [0.4, 0.5) is 0 Å². The van der Waals surface area contributed by atoms with Crippen LogP contribution in [0.2, 0.25) is 0 Å². The van der Waals surface area contributed by atoms with E-state index in [2.05, 4.69) is 34.5 Å². The van der Waals surface area contributed by atoms with Gasteiger partial charge < -0.3 is 25.0 Å². The molecule has 0 aromatic rings. The average Bonchev–Trinajstić information content (AvgIpc) is 2.36. The van der Waals surface area contributed by atoms with Crippen LogP contribution in [0.15, 0.2) is 4.99 Å². The third-order valence-corrected chi connectivity index (χ3v) is 2.74. The first-order valence-corrected chi connectivity index (χ1v) is 6.57. The van der Waals surface area contributed by atoms with Crippen LogP contribution in [-0.2, 0) is 9.47 Å². The highest BCUT2D eigenvalue weighted by Crippen LogP contribution is 2.02. The van der Waals surface area contributed by atoms with Crippen LogP contribution >= 0.6 is 24.0 Å². The fourth-order valence-electron chi connectivity index (χ4n) is 1.78. The van der Waals surface area contributed by atoms with Gasteiger partial charge in [0.2, 0.25) is 0 Å². The molecule has 1 saturated heterocycles. The predicted octanol–water partition coefficient (Wildman–Crippen LogP) is 0.137. The van der Waals surface area contributed by atoms with E-state index in [1.165, 1.54) is 0 Å². The molecule has 0 bridgehead atoms. The molecule has 1 unspecified atom stereocenters. The first kappa shape index (κ1) is 18.9. The Kier molecular flexibility index (Phi) is 11.6. The lowest BCUT2D eigenvalue weighted by Crippen LogP contribution is -2.43. The molecule has 2 N–H and O–H groups in total. The minimum Gasteiger partial charge on any atom is -0.383 e. The standard InChI is InChI=1S/C12H26N4O2.HI/c1-4-13-12(14-5-7-17-3)15-9-11-10-16(2)6-8-18-11;/h11H,4-10H2,1-3H3,(H2,13,14,15);1H. The topological polar surface area (TPSA) is 58.1 Å². The molecular formula is C12H27IN4O2. The van der Waals surface area contributed by atoms with Crippen LogP contribution in [0.5, 0.6) is 0 Å². The van der Waals surface area contributed by atoms with Gasteiger partial charge in [-0.1, -0.05) is 0 Å². The van der Waals surface area contributed by atoms with Gasteiger partial charge in [-0.25, -0.2) is 0 Å². The molecule has 0 aliphatic carbocycles. The zero-order valence-electron chi connectivity index (χ0n) is 12.1. The van der Waals surface area contributed by atoms with Gasteiger partial charge in [0.15, 0.2) is 5.96 Å². The maximum atomic E-state index is 5.67. The van der Waals surface area contributed by atoms with Gasteiger partial charge in [0.25, 0.3) is 0 Å². The van der Waals surface area contributed by atoms with E-state index < -0.39 is 0 Å². The lowest BCUT2D eigenvalue weighted by Gasteiger charge is -2.29. The number of morpholine rings is 1. The number of guanidine groups is 1. The van der Waals surface area contributed by atoms with Crippen molar-refractivity contribution in [1.82, 2.24) is 15.5 Å². The summed E-state index contributed by atoms with van der Waals surface area (Å²) in [6.07, 6.45) is 0.196. The van der Waals surface area contributed by atoms with Gasteiger partial charge in [-0.05, 0) is 14.0 Å².